The molecule has 11 aromatic rings. The number of nitrogens with zero attached hydrogens (tertiary/aromatic N) is 3. The van der Waals surface area contributed by atoms with E-state index in [-0.39, 0.29) is 0 Å². The van der Waals surface area contributed by atoms with Gasteiger partial charge in [0.15, 0.2) is 17.5 Å². The Kier molecular flexibility index (Phi) is 6.79. The van der Waals surface area contributed by atoms with Crippen LogP contribution in [-0.2, 0) is 0 Å². The molecule has 0 bridgehead atoms. The maximum Gasteiger partial charge on any atom is 0.164 e. The summed E-state index contributed by atoms with van der Waals surface area (Å²) in [6.45, 7) is 0. The highest BCUT2D eigenvalue weighted by Gasteiger charge is 2.21. The van der Waals surface area contributed by atoms with Gasteiger partial charge in [-0.1, -0.05) is 152 Å². The van der Waals surface area contributed by atoms with E-state index < -0.39 is 0 Å². The first-order valence-electron chi connectivity index (χ1n) is 18.0. The Hall–Kier alpha value is -7.37. The van der Waals surface area contributed by atoms with Crippen molar-refractivity contribution in [1.29, 1.82) is 0 Å². The molecule has 0 atom stereocenters. The molecular weight excluding hydrogens is 663 g/mol. The van der Waals surface area contributed by atoms with Gasteiger partial charge in [0.1, 0.15) is 22.3 Å². The molecule has 0 aliphatic rings. The summed E-state index contributed by atoms with van der Waals surface area (Å²) < 4.78 is 13.2. The number of hydrogen-bond donors (Lipinski definition) is 0. The summed E-state index contributed by atoms with van der Waals surface area (Å²) >= 11 is 0. The van der Waals surface area contributed by atoms with Crippen molar-refractivity contribution in [3.63, 3.8) is 0 Å². The van der Waals surface area contributed by atoms with Gasteiger partial charge < -0.3 is 8.83 Å². The third-order valence-electron chi connectivity index (χ3n) is 10.3. The molecule has 0 saturated carbocycles. The minimum atomic E-state index is 0.583. The second kappa shape index (κ2) is 12.1. The molecule has 0 aliphatic heterocycles. The van der Waals surface area contributed by atoms with E-state index in [0.29, 0.717) is 17.5 Å². The van der Waals surface area contributed by atoms with Gasteiger partial charge in [-0.05, 0) is 51.7 Å². The molecule has 3 aromatic heterocycles. The number of hydrogen-bond acceptors (Lipinski definition) is 5. The van der Waals surface area contributed by atoms with Crippen LogP contribution < -0.4 is 0 Å². The SMILES string of the molecule is c1ccc(-c2ccc(-c3nc(-c4ccccc4)nc(-c4cccc5oc6c(-c7cccc8oc9cc%10ccccc%10cc9c78)cccc6c45)n3)cc2)cc1. The highest BCUT2D eigenvalue weighted by molar-refractivity contribution is 6.20. The predicted octanol–water partition coefficient (Wildman–Crippen LogP) is 13.2. The highest BCUT2D eigenvalue weighted by atomic mass is 16.3. The van der Waals surface area contributed by atoms with Gasteiger partial charge in [0.2, 0.25) is 0 Å². The van der Waals surface area contributed by atoms with Crippen LogP contribution in [0.3, 0.4) is 0 Å². The van der Waals surface area contributed by atoms with Crippen molar-refractivity contribution < 1.29 is 8.83 Å². The minimum Gasteiger partial charge on any atom is -0.456 e. The molecule has 5 nitrogen and oxygen atoms in total. The van der Waals surface area contributed by atoms with E-state index in [4.69, 9.17) is 23.8 Å². The lowest BCUT2D eigenvalue weighted by Gasteiger charge is -2.10. The third-order valence-corrected chi connectivity index (χ3v) is 10.3. The second-order valence-corrected chi connectivity index (χ2v) is 13.6. The summed E-state index contributed by atoms with van der Waals surface area (Å²) in [5.74, 6) is 1.80. The fourth-order valence-electron chi connectivity index (χ4n) is 7.77. The lowest BCUT2D eigenvalue weighted by Crippen LogP contribution is -2.00. The van der Waals surface area contributed by atoms with Crippen LogP contribution in [-0.4, -0.2) is 15.0 Å². The normalized spacial score (nSPS) is 11.7. The summed E-state index contributed by atoms with van der Waals surface area (Å²) in [6.07, 6.45) is 0. The third kappa shape index (κ3) is 4.90. The van der Waals surface area contributed by atoms with Gasteiger partial charge in [-0.2, -0.15) is 0 Å². The molecule has 8 aromatic carbocycles. The van der Waals surface area contributed by atoms with E-state index >= 15 is 0 Å². The van der Waals surface area contributed by atoms with Crippen molar-refractivity contribution in [3.05, 3.63) is 176 Å². The Morgan fingerprint density at radius 1 is 0.315 bits per heavy atom. The number of aromatic nitrogens is 3. The molecule has 0 fully saturated rings. The molecule has 0 amide bonds. The van der Waals surface area contributed by atoms with Gasteiger partial charge in [-0.25, -0.2) is 15.0 Å². The Bertz CT molecular complexity index is 3200. The molecule has 0 unspecified atom stereocenters. The quantitative estimate of drug-likeness (QED) is 0.180. The van der Waals surface area contributed by atoms with Crippen LogP contribution in [0.2, 0.25) is 0 Å². The van der Waals surface area contributed by atoms with Crippen molar-refractivity contribution in [2.45, 2.75) is 0 Å². The van der Waals surface area contributed by atoms with E-state index in [9.17, 15) is 0 Å². The smallest absolute Gasteiger partial charge is 0.164 e. The number of benzene rings is 8. The number of furan rings is 2. The van der Waals surface area contributed by atoms with Gasteiger partial charge in [-0.3, -0.25) is 0 Å². The van der Waals surface area contributed by atoms with Crippen molar-refractivity contribution in [2.75, 3.05) is 0 Å². The maximum absolute atomic E-state index is 6.79. The minimum absolute atomic E-state index is 0.583. The summed E-state index contributed by atoms with van der Waals surface area (Å²) in [4.78, 5) is 15.2. The van der Waals surface area contributed by atoms with Crippen LogP contribution in [0.5, 0.6) is 0 Å². The first-order valence-corrected chi connectivity index (χ1v) is 18.0. The van der Waals surface area contributed by atoms with Crippen molar-refractivity contribution in [1.82, 2.24) is 15.0 Å². The van der Waals surface area contributed by atoms with Crippen molar-refractivity contribution >= 4 is 54.6 Å². The van der Waals surface area contributed by atoms with Crippen LogP contribution in [0.4, 0.5) is 0 Å². The van der Waals surface area contributed by atoms with Crippen LogP contribution >= 0.6 is 0 Å². The summed E-state index contributed by atoms with van der Waals surface area (Å²) in [7, 11) is 0. The average Bonchev–Trinajstić information content (AvgIpc) is 3.81. The molecule has 3 heterocycles. The molecule has 0 N–H and O–H groups in total. The highest BCUT2D eigenvalue weighted by Crippen LogP contribution is 2.44. The first kappa shape index (κ1) is 30.3. The zero-order valence-corrected chi connectivity index (χ0v) is 28.9. The van der Waals surface area contributed by atoms with Crippen LogP contribution in [0.15, 0.2) is 185 Å². The van der Waals surface area contributed by atoms with Gasteiger partial charge in [0.25, 0.3) is 0 Å². The average molecular weight is 692 g/mol. The van der Waals surface area contributed by atoms with E-state index in [0.717, 1.165) is 88.2 Å². The van der Waals surface area contributed by atoms with Gasteiger partial charge >= 0.3 is 0 Å². The molecule has 5 heteroatoms. The molecule has 11 rings (SSSR count). The van der Waals surface area contributed by atoms with E-state index in [2.05, 4.69) is 121 Å². The second-order valence-electron chi connectivity index (χ2n) is 13.6. The zero-order valence-electron chi connectivity index (χ0n) is 28.9. The Morgan fingerprint density at radius 3 is 1.57 bits per heavy atom. The number of fused-ring (bicyclic) bond motifs is 7. The van der Waals surface area contributed by atoms with Crippen LogP contribution in [0, 0.1) is 0 Å². The topological polar surface area (TPSA) is 65.0 Å². The Morgan fingerprint density at radius 2 is 0.833 bits per heavy atom. The van der Waals surface area contributed by atoms with Gasteiger partial charge in [-0.15, -0.1) is 0 Å². The van der Waals surface area contributed by atoms with E-state index in [1.165, 1.54) is 5.39 Å². The largest absolute Gasteiger partial charge is 0.456 e. The standard InChI is InChI=1S/C49H29N3O2/c1-3-12-30(13-4-1)31-24-26-33(27-25-31)48-50-47(32-14-5-2-6-15-32)51-49(52-48)39-21-11-23-42-45(39)38-20-9-19-37(46(38)54-42)36-18-10-22-41-44(36)40-28-34-16-7-8-17-35(34)29-43(40)53-41/h1-29H. The van der Waals surface area contributed by atoms with Crippen molar-refractivity contribution in [3.8, 4) is 56.4 Å². The molecule has 0 aliphatic carbocycles. The maximum atomic E-state index is 6.79. The van der Waals surface area contributed by atoms with E-state index in [1.807, 2.05) is 54.6 Å². The predicted molar refractivity (Wildman–Crippen MR) is 219 cm³/mol. The van der Waals surface area contributed by atoms with Crippen LogP contribution in [0.25, 0.3) is 111 Å². The summed E-state index contributed by atoms with van der Waals surface area (Å²) in [5.41, 5.74) is 10.3. The van der Waals surface area contributed by atoms with Gasteiger partial charge in [0, 0.05) is 43.8 Å². The lowest BCUT2D eigenvalue weighted by atomic mass is 9.96. The van der Waals surface area contributed by atoms with Crippen molar-refractivity contribution in [2.24, 2.45) is 0 Å². The van der Waals surface area contributed by atoms with E-state index in [1.54, 1.807) is 0 Å². The molecule has 0 saturated heterocycles. The Balaban J connectivity index is 1.10. The van der Waals surface area contributed by atoms with Crippen LogP contribution in [0.1, 0.15) is 0 Å². The monoisotopic (exact) mass is 691 g/mol. The zero-order chi connectivity index (χ0) is 35.6. The number of para-hydroxylation sites is 1. The van der Waals surface area contributed by atoms with Gasteiger partial charge in [0.05, 0.1) is 0 Å². The first-order chi connectivity index (χ1) is 26.7. The molecular formula is C49H29N3O2. The molecule has 252 valence electrons. The fraction of sp³-hybridized carbons (Fsp3) is 0. The lowest BCUT2D eigenvalue weighted by molar-refractivity contribution is 0.669. The summed E-state index contributed by atoms with van der Waals surface area (Å²) in [5, 5.41) is 6.42. The summed E-state index contributed by atoms with van der Waals surface area (Å²) in [6, 6.07) is 60.3. The Labute approximate surface area is 309 Å². The molecule has 54 heavy (non-hydrogen) atoms. The number of rotatable bonds is 5. The fourth-order valence-corrected chi connectivity index (χ4v) is 7.77. The molecule has 0 radical (unpaired) electrons. The molecule has 0 spiro atoms.